The zero-order valence-corrected chi connectivity index (χ0v) is 11.3. The molecule has 2 rings (SSSR count). The number of aryl methyl sites for hydroxylation is 1. The van der Waals surface area contributed by atoms with Gasteiger partial charge in [-0.3, -0.25) is 0 Å². The third kappa shape index (κ3) is 3.19. The first-order valence-electron chi connectivity index (χ1n) is 6.08. The fourth-order valence-corrected chi connectivity index (χ4v) is 2.71. The number of benzene rings is 1. The van der Waals surface area contributed by atoms with E-state index in [0.29, 0.717) is 0 Å². The number of hydrogen-bond donors (Lipinski definition) is 1. The van der Waals surface area contributed by atoms with Crippen LogP contribution in [0, 0.1) is 11.3 Å². The molecular formula is C15H16N2S. The number of hydrogen-bond acceptors (Lipinski definition) is 3. The monoisotopic (exact) mass is 256 g/mol. The summed E-state index contributed by atoms with van der Waals surface area (Å²) in [5.41, 5.74) is 3.51. The van der Waals surface area contributed by atoms with Crippen molar-refractivity contribution in [3.8, 4) is 6.07 Å². The summed E-state index contributed by atoms with van der Waals surface area (Å²) in [6.45, 7) is 3.88. The summed E-state index contributed by atoms with van der Waals surface area (Å²) in [6.07, 6.45) is 1.06. The van der Waals surface area contributed by atoms with Crippen molar-refractivity contribution >= 4 is 11.3 Å². The molecule has 0 fully saturated rings. The minimum absolute atomic E-state index is 0.755. The Labute approximate surface area is 112 Å². The molecule has 0 unspecified atom stereocenters. The summed E-state index contributed by atoms with van der Waals surface area (Å²) < 4.78 is 0. The van der Waals surface area contributed by atoms with E-state index in [1.807, 2.05) is 11.4 Å². The third-order valence-corrected chi connectivity index (χ3v) is 3.83. The lowest BCUT2D eigenvalue weighted by molar-refractivity contribution is 0.695. The van der Waals surface area contributed by atoms with Gasteiger partial charge in [0.1, 0.15) is 6.07 Å². The van der Waals surface area contributed by atoms with Crippen LogP contribution in [0.1, 0.15) is 28.5 Å². The quantitative estimate of drug-likeness (QED) is 0.889. The van der Waals surface area contributed by atoms with E-state index in [1.165, 1.54) is 16.0 Å². The van der Waals surface area contributed by atoms with Crippen molar-refractivity contribution in [2.75, 3.05) is 0 Å². The molecule has 1 N–H and O–H groups in total. The van der Waals surface area contributed by atoms with Gasteiger partial charge < -0.3 is 5.32 Å². The summed E-state index contributed by atoms with van der Waals surface area (Å²) in [5.74, 6) is 0. The molecule has 0 aliphatic carbocycles. The highest BCUT2D eigenvalue weighted by atomic mass is 32.1. The van der Waals surface area contributed by atoms with E-state index < -0.39 is 0 Å². The van der Waals surface area contributed by atoms with E-state index in [9.17, 15) is 0 Å². The Kier molecular flexibility index (Phi) is 4.52. The molecule has 1 heterocycles. The van der Waals surface area contributed by atoms with E-state index in [2.05, 4.69) is 42.6 Å². The van der Waals surface area contributed by atoms with Crippen LogP contribution in [-0.4, -0.2) is 0 Å². The molecule has 0 saturated heterocycles. The molecule has 18 heavy (non-hydrogen) atoms. The van der Waals surface area contributed by atoms with Crippen LogP contribution >= 0.6 is 11.3 Å². The second kappa shape index (κ2) is 6.34. The minimum atomic E-state index is 0.755. The molecule has 2 nitrogen and oxygen atoms in total. The van der Waals surface area contributed by atoms with Gasteiger partial charge in [-0.25, -0.2) is 0 Å². The first-order chi connectivity index (χ1) is 8.83. The molecule has 3 heteroatoms. The highest BCUT2D eigenvalue weighted by molar-refractivity contribution is 7.10. The molecule has 0 aliphatic rings. The van der Waals surface area contributed by atoms with Crippen LogP contribution in [0.4, 0.5) is 0 Å². The number of nitrogens with zero attached hydrogens (tertiary/aromatic N) is 1. The molecule has 0 spiro atoms. The van der Waals surface area contributed by atoms with Crippen LogP contribution < -0.4 is 5.32 Å². The zero-order valence-electron chi connectivity index (χ0n) is 10.4. The molecule has 0 atom stereocenters. The average molecular weight is 256 g/mol. The van der Waals surface area contributed by atoms with Crippen molar-refractivity contribution < 1.29 is 0 Å². The van der Waals surface area contributed by atoms with Gasteiger partial charge in [-0.2, -0.15) is 5.26 Å². The van der Waals surface area contributed by atoms with Crippen LogP contribution in [0.2, 0.25) is 0 Å². The van der Waals surface area contributed by atoms with Gasteiger partial charge in [0, 0.05) is 23.3 Å². The van der Waals surface area contributed by atoms with Crippen molar-refractivity contribution in [1.82, 2.24) is 5.32 Å². The predicted molar refractivity (Wildman–Crippen MR) is 75.4 cm³/mol. The van der Waals surface area contributed by atoms with E-state index in [4.69, 9.17) is 5.26 Å². The summed E-state index contributed by atoms with van der Waals surface area (Å²) in [6, 6.07) is 12.6. The molecule has 0 aliphatic heterocycles. The molecule has 2 aromatic rings. The number of nitriles is 1. The SMILES string of the molecule is CCc1ccccc1CNCc1cc(C#N)cs1. The Bertz CT molecular complexity index is 552. The molecule has 0 saturated carbocycles. The topological polar surface area (TPSA) is 35.8 Å². The first-order valence-corrected chi connectivity index (χ1v) is 6.96. The number of nitrogens with one attached hydrogen (secondary N) is 1. The fourth-order valence-electron chi connectivity index (χ4n) is 1.93. The summed E-state index contributed by atoms with van der Waals surface area (Å²) in [4.78, 5) is 1.21. The van der Waals surface area contributed by atoms with Crippen LogP contribution in [0.3, 0.4) is 0 Å². The maximum Gasteiger partial charge on any atom is 0.100 e. The fraction of sp³-hybridized carbons (Fsp3) is 0.267. The van der Waals surface area contributed by atoms with E-state index >= 15 is 0 Å². The number of thiophene rings is 1. The maximum absolute atomic E-state index is 8.76. The summed E-state index contributed by atoms with van der Waals surface area (Å²) in [5, 5.41) is 14.1. The third-order valence-electron chi connectivity index (χ3n) is 2.90. The van der Waals surface area contributed by atoms with Crippen LogP contribution in [0.5, 0.6) is 0 Å². The Morgan fingerprint density at radius 2 is 2.00 bits per heavy atom. The maximum atomic E-state index is 8.76. The van der Waals surface area contributed by atoms with Crippen LogP contribution in [0.15, 0.2) is 35.7 Å². The van der Waals surface area contributed by atoms with E-state index in [1.54, 1.807) is 11.3 Å². The van der Waals surface area contributed by atoms with Gasteiger partial charge in [0.2, 0.25) is 0 Å². The largest absolute Gasteiger partial charge is 0.308 e. The lowest BCUT2D eigenvalue weighted by Gasteiger charge is -2.08. The van der Waals surface area contributed by atoms with Crippen LogP contribution in [0.25, 0.3) is 0 Å². The van der Waals surface area contributed by atoms with Crippen molar-refractivity contribution in [3.63, 3.8) is 0 Å². The molecule has 0 radical (unpaired) electrons. The van der Waals surface area contributed by atoms with Gasteiger partial charge in [-0.05, 0) is 23.6 Å². The summed E-state index contributed by atoms with van der Waals surface area (Å²) >= 11 is 1.63. The smallest absolute Gasteiger partial charge is 0.100 e. The lowest BCUT2D eigenvalue weighted by atomic mass is 10.1. The van der Waals surface area contributed by atoms with Crippen molar-refractivity contribution in [3.05, 3.63) is 57.3 Å². The number of rotatable bonds is 5. The Hall–Kier alpha value is -1.63. The van der Waals surface area contributed by atoms with Gasteiger partial charge in [0.05, 0.1) is 5.56 Å². The molecule has 92 valence electrons. The molecule has 1 aromatic heterocycles. The lowest BCUT2D eigenvalue weighted by Crippen LogP contribution is -2.13. The summed E-state index contributed by atoms with van der Waals surface area (Å²) in [7, 11) is 0. The van der Waals surface area contributed by atoms with Crippen molar-refractivity contribution in [1.29, 1.82) is 5.26 Å². The average Bonchev–Trinajstić information content (AvgIpc) is 2.87. The van der Waals surface area contributed by atoms with Crippen LogP contribution in [-0.2, 0) is 19.5 Å². The van der Waals surface area contributed by atoms with E-state index in [-0.39, 0.29) is 0 Å². The van der Waals surface area contributed by atoms with Gasteiger partial charge in [-0.15, -0.1) is 11.3 Å². The van der Waals surface area contributed by atoms with Crippen molar-refractivity contribution in [2.24, 2.45) is 0 Å². The highest BCUT2D eigenvalue weighted by Gasteiger charge is 2.01. The Morgan fingerprint density at radius 1 is 1.22 bits per heavy atom. The normalized spacial score (nSPS) is 10.2. The first kappa shape index (κ1) is 12.8. The second-order valence-electron chi connectivity index (χ2n) is 4.14. The van der Waals surface area contributed by atoms with Crippen molar-refractivity contribution in [2.45, 2.75) is 26.4 Å². The molecule has 0 amide bonds. The molecular weight excluding hydrogens is 240 g/mol. The van der Waals surface area contributed by atoms with Gasteiger partial charge in [0.25, 0.3) is 0 Å². The zero-order chi connectivity index (χ0) is 12.8. The predicted octanol–water partition coefficient (Wildman–Crippen LogP) is 3.47. The standard InChI is InChI=1S/C15H16N2S/c1-2-13-5-3-4-6-14(13)9-17-10-15-7-12(8-16)11-18-15/h3-7,11,17H,2,9-10H2,1H3. The van der Waals surface area contributed by atoms with E-state index in [0.717, 1.165) is 25.1 Å². The molecule has 1 aromatic carbocycles. The molecule has 0 bridgehead atoms. The second-order valence-corrected chi connectivity index (χ2v) is 5.14. The van der Waals surface area contributed by atoms with Gasteiger partial charge >= 0.3 is 0 Å². The highest BCUT2D eigenvalue weighted by Crippen LogP contribution is 2.14. The van der Waals surface area contributed by atoms with Gasteiger partial charge in [-0.1, -0.05) is 31.2 Å². The Balaban J connectivity index is 1.90. The Morgan fingerprint density at radius 3 is 2.67 bits per heavy atom. The van der Waals surface area contributed by atoms with Gasteiger partial charge in [0.15, 0.2) is 0 Å². The minimum Gasteiger partial charge on any atom is -0.308 e.